The van der Waals surface area contributed by atoms with E-state index in [0.717, 1.165) is 12.8 Å². The summed E-state index contributed by atoms with van der Waals surface area (Å²) in [5.74, 6) is 0.196. The van der Waals surface area contributed by atoms with Crippen LogP contribution in [0, 0.1) is 0 Å². The molecule has 12 heavy (non-hydrogen) atoms. The predicted molar refractivity (Wildman–Crippen MR) is 43.0 cm³/mol. The van der Waals surface area contributed by atoms with Gasteiger partial charge in [0, 0.05) is 26.4 Å². The lowest BCUT2D eigenvalue weighted by Gasteiger charge is -2.35. The summed E-state index contributed by atoms with van der Waals surface area (Å²) in [4.78, 5) is 11.5. The lowest BCUT2D eigenvalue weighted by Crippen LogP contribution is -2.41. The van der Waals surface area contributed by atoms with E-state index in [0.29, 0.717) is 13.0 Å². The van der Waals surface area contributed by atoms with Crippen molar-refractivity contribution in [2.45, 2.75) is 37.4 Å². The molecule has 1 saturated carbocycles. The highest BCUT2D eigenvalue weighted by atomic mass is 16.5. The Balaban J connectivity index is 2.29. The molecule has 2 atom stereocenters. The summed E-state index contributed by atoms with van der Waals surface area (Å²) < 4.78 is 10.9. The summed E-state index contributed by atoms with van der Waals surface area (Å²) in [5, 5.41) is 0. The van der Waals surface area contributed by atoms with Gasteiger partial charge in [0.25, 0.3) is 0 Å². The molecule has 1 saturated heterocycles. The third kappa shape index (κ3) is 0.930. The van der Waals surface area contributed by atoms with E-state index in [9.17, 15) is 4.79 Å². The van der Waals surface area contributed by atoms with E-state index in [1.807, 2.05) is 6.92 Å². The number of hydrogen-bond donors (Lipinski definition) is 0. The van der Waals surface area contributed by atoms with Gasteiger partial charge in [0.1, 0.15) is 5.60 Å². The number of Topliss-reactive ketones (excluding diaryl/α,β-unsaturated/α-hetero) is 1. The average Bonchev–Trinajstić information content (AvgIpc) is 2.20. The van der Waals surface area contributed by atoms with Crippen molar-refractivity contribution < 1.29 is 14.3 Å². The molecule has 2 rings (SSSR count). The highest BCUT2D eigenvalue weighted by Crippen LogP contribution is 2.45. The van der Waals surface area contributed by atoms with Gasteiger partial charge in [0.05, 0.1) is 12.2 Å². The molecule has 0 aromatic rings. The van der Waals surface area contributed by atoms with Crippen LogP contribution < -0.4 is 0 Å². The monoisotopic (exact) mass is 170 g/mol. The minimum absolute atomic E-state index is 0.196. The Morgan fingerprint density at radius 1 is 1.58 bits per heavy atom. The summed E-state index contributed by atoms with van der Waals surface area (Å²) in [7, 11) is 1.68. The number of methoxy groups -OCH3 is 1. The Bertz CT molecular complexity index is 226. The SMILES string of the molecule is COC12CCOC(C)(C1)C(=O)C2. The molecular weight excluding hydrogens is 156 g/mol. The normalized spacial score (nSPS) is 46.7. The molecule has 0 aromatic carbocycles. The number of hydrogen-bond acceptors (Lipinski definition) is 3. The van der Waals surface area contributed by atoms with Crippen molar-refractivity contribution in [2.24, 2.45) is 0 Å². The first-order chi connectivity index (χ1) is 5.60. The second-order valence-corrected chi connectivity index (χ2v) is 3.99. The van der Waals surface area contributed by atoms with Gasteiger partial charge in [0.15, 0.2) is 5.78 Å². The van der Waals surface area contributed by atoms with Crippen molar-refractivity contribution in [1.29, 1.82) is 0 Å². The van der Waals surface area contributed by atoms with Crippen molar-refractivity contribution in [2.75, 3.05) is 13.7 Å². The van der Waals surface area contributed by atoms with Crippen LogP contribution in [0.25, 0.3) is 0 Å². The second kappa shape index (κ2) is 2.30. The molecule has 3 nitrogen and oxygen atoms in total. The Kier molecular flexibility index (Phi) is 1.57. The van der Waals surface area contributed by atoms with Crippen molar-refractivity contribution >= 4 is 5.78 Å². The van der Waals surface area contributed by atoms with Crippen LogP contribution in [0.5, 0.6) is 0 Å². The van der Waals surface area contributed by atoms with Gasteiger partial charge in [-0.1, -0.05) is 0 Å². The highest BCUT2D eigenvalue weighted by Gasteiger charge is 2.55. The molecule has 2 aliphatic rings. The molecule has 1 heterocycles. The Hall–Kier alpha value is -0.410. The predicted octanol–water partition coefficient (Wildman–Crippen LogP) is 0.913. The minimum Gasteiger partial charge on any atom is -0.378 e. The lowest BCUT2D eigenvalue weighted by molar-refractivity contribution is -0.146. The van der Waals surface area contributed by atoms with Crippen molar-refractivity contribution in [1.82, 2.24) is 0 Å². The van der Waals surface area contributed by atoms with Gasteiger partial charge in [-0.15, -0.1) is 0 Å². The Morgan fingerprint density at radius 2 is 2.33 bits per heavy atom. The fourth-order valence-electron chi connectivity index (χ4n) is 2.27. The average molecular weight is 170 g/mol. The molecule has 1 aliphatic heterocycles. The molecular formula is C9H14O3. The summed E-state index contributed by atoms with van der Waals surface area (Å²) in [6.45, 7) is 2.52. The molecule has 2 fully saturated rings. The van der Waals surface area contributed by atoms with Crippen molar-refractivity contribution in [3.05, 3.63) is 0 Å². The lowest BCUT2D eigenvalue weighted by atomic mass is 9.92. The maximum atomic E-state index is 11.5. The largest absolute Gasteiger partial charge is 0.378 e. The molecule has 3 heteroatoms. The minimum atomic E-state index is -0.547. The van der Waals surface area contributed by atoms with E-state index < -0.39 is 5.60 Å². The quantitative estimate of drug-likeness (QED) is 0.587. The molecule has 0 radical (unpaired) electrons. The van der Waals surface area contributed by atoms with E-state index in [1.165, 1.54) is 0 Å². The van der Waals surface area contributed by atoms with Crippen LogP contribution in [0.2, 0.25) is 0 Å². The number of carbonyl (C=O) groups excluding carboxylic acids is 1. The molecule has 0 amide bonds. The van der Waals surface area contributed by atoms with Gasteiger partial charge >= 0.3 is 0 Å². The second-order valence-electron chi connectivity index (χ2n) is 3.99. The maximum Gasteiger partial charge on any atom is 0.167 e. The van der Waals surface area contributed by atoms with E-state index in [4.69, 9.17) is 9.47 Å². The fourth-order valence-corrected chi connectivity index (χ4v) is 2.27. The Morgan fingerprint density at radius 3 is 2.92 bits per heavy atom. The van der Waals surface area contributed by atoms with Crippen LogP contribution in [0.1, 0.15) is 26.2 Å². The van der Waals surface area contributed by atoms with E-state index in [-0.39, 0.29) is 11.4 Å². The van der Waals surface area contributed by atoms with Crippen LogP contribution in [0.3, 0.4) is 0 Å². The number of ketones is 1. The van der Waals surface area contributed by atoms with Crippen LogP contribution in [-0.4, -0.2) is 30.7 Å². The van der Waals surface area contributed by atoms with Gasteiger partial charge in [-0.2, -0.15) is 0 Å². The van der Waals surface area contributed by atoms with Crippen LogP contribution in [0.15, 0.2) is 0 Å². The maximum absolute atomic E-state index is 11.5. The summed E-state index contributed by atoms with van der Waals surface area (Å²) in [5.41, 5.74) is -0.752. The van der Waals surface area contributed by atoms with Gasteiger partial charge in [-0.05, 0) is 6.92 Å². The van der Waals surface area contributed by atoms with Gasteiger partial charge in [0.2, 0.25) is 0 Å². The smallest absolute Gasteiger partial charge is 0.167 e. The molecule has 68 valence electrons. The van der Waals surface area contributed by atoms with Gasteiger partial charge < -0.3 is 9.47 Å². The number of carbonyl (C=O) groups is 1. The third-order valence-corrected chi connectivity index (χ3v) is 3.14. The zero-order chi connectivity index (χ0) is 8.82. The van der Waals surface area contributed by atoms with E-state index in [2.05, 4.69) is 0 Å². The molecule has 0 spiro atoms. The first kappa shape index (κ1) is 8.20. The first-order valence-corrected chi connectivity index (χ1v) is 4.33. The number of ether oxygens (including phenoxy) is 2. The van der Waals surface area contributed by atoms with Gasteiger partial charge in [-0.3, -0.25) is 4.79 Å². The fraction of sp³-hybridized carbons (Fsp3) is 0.889. The topological polar surface area (TPSA) is 35.5 Å². The molecule has 2 unspecified atom stereocenters. The van der Waals surface area contributed by atoms with Crippen molar-refractivity contribution in [3.63, 3.8) is 0 Å². The molecule has 1 aliphatic carbocycles. The standard InChI is InChI=1S/C9H14O3/c1-8-6-9(11-2,3-4-12-8)5-7(8)10/h3-6H2,1-2H3. The summed E-state index contributed by atoms with van der Waals surface area (Å²) >= 11 is 0. The van der Waals surface area contributed by atoms with Crippen molar-refractivity contribution in [3.8, 4) is 0 Å². The van der Waals surface area contributed by atoms with Crippen LogP contribution in [0.4, 0.5) is 0 Å². The third-order valence-electron chi connectivity index (χ3n) is 3.14. The Labute approximate surface area is 72.0 Å². The van der Waals surface area contributed by atoms with Crippen LogP contribution in [-0.2, 0) is 14.3 Å². The van der Waals surface area contributed by atoms with Gasteiger partial charge in [-0.25, -0.2) is 0 Å². The number of fused-ring (bicyclic) bond motifs is 2. The highest BCUT2D eigenvalue weighted by molar-refractivity contribution is 5.90. The molecule has 2 bridgehead atoms. The zero-order valence-corrected chi connectivity index (χ0v) is 7.55. The van der Waals surface area contributed by atoms with E-state index >= 15 is 0 Å². The number of rotatable bonds is 1. The summed E-state index contributed by atoms with van der Waals surface area (Å²) in [6, 6.07) is 0. The summed E-state index contributed by atoms with van der Waals surface area (Å²) in [6.07, 6.45) is 2.11. The molecule has 0 N–H and O–H groups in total. The molecule has 0 aromatic heterocycles. The van der Waals surface area contributed by atoms with E-state index in [1.54, 1.807) is 7.11 Å². The van der Waals surface area contributed by atoms with Crippen LogP contribution >= 0.6 is 0 Å². The zero-order valence-electron chi connectivity index (χ0n) is 7.55. The first-order valence-electron chi connectivity index (χ1n) is 4.33.